The van der Waals surface area contributed by atoms with Crippen LogP contribution in [-0.2, 0) is 20.8 Å². The molecule has 0 spiro atoms. The quantitative estimate of drug-likeness (QED) is 0.337. The van der Waals surface area contributed by atoms with Gasteiger partial charge in [-0.25, -0.2) is 4.79 Å². The van der Waals surface area contributed by atoms with Gasteiger partial charge in [-0.1, -0.05) is 69.2 Å². The summed E-state index contributed by atoms with van der Waals surface area (Å²) >= 11 is 4.41. The summed E-state index contributed by atoms with van der Waals surface area (Å²) in [5.41, 5.74) is 1.56. The third kappa shape index (κ3) is 6.81. The van der Waals surface area contributed by atoms with E-state index in [1.54, 1.807) is 7.11 Å². The summed E-state index contributed by atoms with van der Waals surface area (Å²) in [4.78, 5) is 38.1. The molecule has 1 unspecified atom stereocenters. The molecule has 1 saturated carbocycles. The van der Waals surface area contributed by atoms with Crippen molar-refractivity contribution in [2.24, 2.45) is 5.92 Å². The first kappa shape index (κ1) is 27.6. The smallest absolute Gasteiger partial charge is 0.326 e. The van der Waals surface area contributed by atoms with E-state index in [4.69, 9.17) is 4.74 Å². The predicted molar refractivity (Wildman–Crippen MR) is 143 cm³/mol. The number of hydrogen-bond acceptors (Lipinski definition) is 5. The Kier molecular flexibility index (Phi) is 9.43. The van der Waals surface area contributed by atoms with Crippen molar-refractivity contribution in [3.8, 4) is 16.9 Å². The molecule has 1 aliphatic carbocycles. The van der Waals surface area contributed by atoms with E-state index in [-0.39, 0.29) is 18.2 Å². The lowest BCUT2D eigenvalue weighted by molar-refractivity contribution is -0.143. The van der Waals surface area contributed by atoms with Crippen LogP contribution in [0, 0.1) is 5.92 Å². The van der Waals surface area contributed by atoms with Crippen LogP contribution in [0.15, 0.2) is 48.5 Å². The van der Waals surface area contributed by atoms with Gasteiger partial charge in [-0.15, -0.1) is 0 Å². The van der Waals surface area contributed by atoms with Gasteiger partial charge in [-0.05, 0) is 42.4 Å². The van der Waals surface area contributed by atoms with Crippen molar-refractivity contribution in [2.75, 3.05) is 7.11 Å². The van der Waals surface area contributed by atoms with E-state index < -0.39 is 28.7 Å². The molecule has 0 aromatic heterocycles. The van der Waals surface area contributed by atoms with Crippen LogP contribution in [0.3, 0.4) is 0 Å². The monoisotopic (exact) mass is 512 g/mol. The highest BCUT2D eigenvalue weighted by molar-refractivity contribution is 7.81. The second-order valence-electron chi connectivity index (χ2n) is 9.89. The molecule has 0 aliphatic heterocycles. The molecule has 36 heavy (non-hydrogen) atoms. The van der Waals surface area contributed by atoms with Gasteiger partial charge in [0.2, 0.25) is 11.8 Å². The van der Waals surface area contributed by atoms with E-state index in [9.17, 15) is 19.5 Å². The lowest BCUT2D eigenvalue weighted by Crippen LogP contribution is -2.61. The average molecular weight is 513 g/mol. The highest BCUT2D eigenvalue weighted by Gasteiger charge is 2.44. The molecule has 194 valence electrons. The molecule has 2 atom stereocenters. The number of carbonyl (C=O) groups is 3. The minimum absolute atomic E-state index is 0.125. The van der Waals surface area contributed by atoms with E-state index in [1.165, 1.54) is 0 Å². The number of carbonyl (C=O) groups excluding carboxylic acids is 2. The Labute approximate surface area is 218 Å². The van der Waals surface area contributed by atoms with Crippen molar-refractivity contribution in [3.05, 3.63) is 54.1 Å². The van der Waals surface area contributed by atoms with E-state index in [0.29, 0.717) is 19.3 Å². The fraction of sp³-hybridized carbons (Fsp3) is 0.464. The molecule has 7 nitrogen and oxygen atoms in total. The van der Waals surface area contributed by atoms with Gasteiger partial charge in [-0.2, -0.15) is 12.6 Å². The second kappa shape index (κ2) is 12.3. The topological polar surface area (TPSA) is 105 Å². The van der Waals surface area contributed by atoms with Crippen LogP contribution >= 0.6 is 12.6 Å². The van der Waals surface area contributed by atoms with Crippen molar-refractivity contribution >= 4 is 30.4 Å². The number of aliphatic carboxylic acids is 1. The number of nitrogens with one attached hydrogen (secondary N) is 2. The summed E-state index contributed by atoms with van der Waals surface area (Å²) in [7, 11) is 1.62. The maximum absolute atomic E-state index is 13.3. The maximum Gasteiger partial charge on any atom is 0.326 e. The molecule has 2 aromatic rings. The molecular formula is C28H36N2O5S. The third-order valence-corrected chi connectivity index (χ3v) is 7.11. The van der Waals surface area contributed by atoms with Gasteiger partial charge in [0.05, 0.1) is 12.4 Å². The zero-order valence-corrected chi connectivity index (χ0v) is 22.0. The normalized spacial score (nSPS) is 16.2. The van der Waals surface area contributed by atoms with Crippen molar-refractivity contribution in [1.82, 2.24) is 10.6 Å². The lowest BCUT2D eigenvalue weighted by Gasteiger charge is -2.31. The number of amides is 2. The number of ether oxygens (including phenoxy) is 1. The molecule has 0 saturated heterocycles. The van der Waals surface area contributed by atoms with E-state index >= 15 is 0 Å². The second-order valence-corrected chi connectivity index (χ2v) is 10.5. The van der Waals surface area contributed by atoms with Crippen molar-refractivity contribution in [2.45, 2.75) is 69.2 Å². The average Bonchev–Trinajstić information content (AvgIpc) is 3.33. The van der Waals surface area contributed by atoms with Crippen LogP contribution in [0.25, 0.3) is 11.1 Å². The number of benzene rings is 2. The van der Waals surface area contributed by atoms with Gasteiger partial charge in [0.1, 0.15) is 17.3 Å². The fourth-order valence-corrected chi connectivity index (χ4v) is 5.18. The van der Waals surface area contributed by atoms with Gasteiger partial charge in [-0.3, -0.25) is 9.59 Å². The van der Waals surface area contributed by atoms with Crippen LogP contribution in [0.5, 0.6) is 5.75 Å². The van der Waals surface area contributed by atoms with Crippen molar-refractivity contribution in [1.29, 1.82) is 0 Å². The molecule has 2 amide bonds. The Morgan fingerprint density at radius 3 is 2.28 bits per heavy atom. The minimum Gasteiger partial charge on any atom is -0.496 e. The zero-order valence-electron chi connectivity index (χ0n) is 21.1. The van der Waals surface area contributed by atoms with Crippen LogP contribution in [0.4, 0.5) is 0 Å². The molecule has 0 bridgehead atoms. The summed E-state index contributed by atoms with van der Waals surface area (Å²) in [6.07, 6.45) is 3.25. The highest BCUT2D eigenvalue weighted by Crippen LogP contribution is 2.32. The first-order valence-corrected chi connectivity index (χ1v) is 12.9. The van der Waals surface area contributed by atoms with Crippen LogP contribution in [-0.4, -0.2) is 46.8 Å². The maximum atomic E-state index is 13.3. The Morgan fingerprint density at radius 2 is 1.69 bits per heavy atom. The van der Waals surface area contributed by atoms with Crippen molar-refractivity contribution in [3.63, 3.8) is 0 Å². The summed E-state index contributed by atoms with van der Waals surface area (Å²) in [5.74, 6) is -0.818. The Morgan fingerprint density at radius 1 is 1.06 bits per heavy atom. The molecular weight excluding hydrogens is 476 g/mol. The number of methoxy groups -OCH3 is 1. The number of para-hydroxylation sites is 1. The van der Waals surface area contributed by atoms with Crippen LogP contribution in [0.1, 0.15) is 51.5 Å². The summed E-state index contributed by atoms with van der Waals surface area (Å²) < 4.78 is 5.43. The van der Waals surface area contributed by atoms with Crippen LogP contribution < -0.4 is 15.4 Å². The van der Waals surface area contributed by atoms with Gasteiger partial charge in [0.15, 0.2) is 0 Å². The van der Waals surface area contributed by atoms with Gasteiger partial charge < -0.3 is 20.5 Å². The first-order valence-electron chi connectivity index (χ1n) is 12.4. The minimum atomic E-state index is -1.12. The number of thiol groups is 1. The number of hydrogen-bond donors (Lipinski definition) is 4. The van der Waals surface area contributed by atoms with Gasteiger partial charge in [0, 0.05) is 12.0 Å². The van der Waals surface area contributed by atoms with Gasteiger partial charge in [0.25, 0.3) is 0 Å². The number of rotatable bonds is 11. The predicted octanol–water partition coefficient (Wildman–Crippen LogP) is 4.25. The standard InChI is InChI=1S/C28H36N2O5S/c1-18(2)16-24(36)25(31)30-28(14-6-7-15-28)27(34)29-22(26(32)33)17-19-10-12-20(13-11-19)21-8-4-5-9-23(21)35-3/h4-5,8-13,18,22,24,36H,6-7,14-17H2,1-3H3,(H,29,34)(H,30,31)(H,32,33)/t22?,24-/m0/s1. The van der Waals surface area contributed by atoms with Crippen LogP contribution in [0.2, 0.25) is 0 Å². The summed E-state index contributed by atoms with van der Waals surface area (Å²) in [5, 5.41) is 14.9. The molecule has 3 rings (SSSR count). The molecule has 1 aliphatic rings. The first-order chi connectivity index (χ1) is 17.1. The third-order valence-electron chi connectivity index (χ3n) is 6.67. The SMILES string of the molecule is COc1ccccc1-c1ccc(CC(NC(=O)C2(NC(=O)[C@@H](S)CC(C)C)CCCC2)C(=O)O)cc1. The number of carboxylic acid groups (broad SMARTS) is 1. The Hall–Kier alpha value is -3.00. The zero-order chi connectivity index (χ0) is 26.3. The Balaban J connectivity index is 1.71. The fourth-order valence-electron chi connectivity index (χ4n) is 4.70. The number of carboxylic acids is 1. The Bertz CT molecular complexity index is 1060. The van der Waals surface area contributed by atoms with Crippen molar-refractivity contribution < 1.29 is 24.2 Å². The lowest BCUT2D eigenvalue weighted by atomic mass is 9.94. The van der Waals surface area contributed by atoms with E-state index in [2.05, 4.69) is 23.3 Å². The molecule has 0 radical (unpaired) electrons. The molecule has 8 heteroatoms. The summed E-state index contributed by atoms with van der Waals surface area (Å²) in [6.45, 7) is 4.02. The molecule has 2 aromatic carbocycles. The molecule has 0 heterocycles. The molecule has 3 N–H and O–H groups in total. The van der Waals surface area contributed by atoms with E-state index in [1.807, 2.05) is 62.4 Å². The largest absolute Gasteiger partial charge is 0.496 e. The molecule has 1 fully saturated rings. The van der Waals surface area contributed by atoms with E-state index in [0.717, 1.165) is 35.3 Å². The highest BCUT2D eigenvalue weighted by atomic mass is 32.1. The van der Waals surface area contributed by atoms with Gasteiger partial charge >= 0.3 is 5.97 Å². The summed E-state index contributed by atoms with van der Waals surface area (Å²) in [6, 6.07) is 14.1.